The number of hydrogen-bond donors (Lipinski definition) is 0. The average molecular weight is 313 g/mol. The van der Waals surface area contributed by atoms with E-state index in [-0.39, 0.29) is 5.82 Å². The number of nitrogens with zero attached hydrogens (tertiary/aromatic N) is 2. The first-order chi connectivity index (χ1) is 9.72. The average Bonchev–Trinajstić information content (AvgIpc) is 2.91. The van der Waals surface area contributed by atoms with Gasteiger partial charge >= 0.3 is 0 Å². The molecule has 1 aromatic carbocycles. The second-order valence-corrected chi connectivity index (χ2v) is 5.74. The second-order valence-electron chi connectivity index (χ2n) is 4.53. The highest BCUT2D eigenvalue weighted by molar-refractivity contribution is 7.09. The van der Waals surface area contributed by atoms with E-state index in [1.54, 1.807) is 23.5 Å². The Kier molecular flexibility index (Phi) is 5.80. The van der Waals surface area contributed by atoms with Gasteiger partial charge in [0.25, 0.3) is 0 Å². The molecule has 2 nitrogen and oxygen atoms in total. The Bertz CT molecular complexity index is 544. The maximum atomic E-state index is 13.2. The third-order valence-corrected chi connectivity index (χ3v) is 4.34. The molecule has 0 N–H and O–H groups in total. The van der Waals surface area contributed by atoms with Crippen LogP contribution in [0.4, 0.5) is 10.1 Å². The minimum atomic E-state index is -0.187. The van der Waals surface area contributed by atoms with Crippen molar-refractivity contribution in [2.45, 2.75) is 25.6 Å². The first kappa shape index (κ1) is 15.3. The van der Waals surface area contributed by atoms with Crippen LogP contribution in [-0.4, -0.2) is 18.1 Å². The standard InChI is InChI=1S/C15H18ClFN2S/c1-2-19(14-6-3-5-12(17)9-14)8-4-7-15-18-13(10-16)11-20-15/h3,5-6,9,11H,2,4,7-8,10H2,1H3. The van der Waals surface area contributed by atoms with Crippen LogP contribution in [0, 0.1) is 5.82 Å². The van der Waals surface area contributed by atoms with Crippen molar-refractivity contribution in [3.05, 3.63) is 46.2 Å². The van der Waals surface area contributed by atoms with Crippen molar-refractivity contribution in [1.82, 2.24) is 4.98 Å². The topological polar surface area (TPSA) is 16.1 Å². The van der Waals surface area contributed by atoms with Gasteiger partial charge in [-0.3, -0.25) is 0 Å². The van der Waals surface area contributed by atoms with Crippen molar-refractivity contribution >= 4 is 28.6 Å². The molecular weight excluding hydrogens is 295 g/mol. The van der Waals surface area contributed by atoms with Crippen LogP contribution in [0.15, 0.2) is 29.6 Å². The van der Waals surface area contributed by atoms with Crippen molar-refractivity contribution in [2.75, 3.05) is 18.0 Å². The zero-order valence-corrected chi connectivity index (χ0v) is 13.1. The molecule has 0 radical (unpaired) electrons. The number of hydrogen-bond acceptors (Lipinski definition) is 3. The maximum Gasteiger partial charge on any atom is 0.125 e. The Labute approximate surface area is 128 Å². The Morgan fingerprint density at radius 1 is 1.40 bits per heavy atom. The minimum absolute atomic E-state index is 0.187. The molecule has 0 aliphatic carbocycles. The van der Waals surface area contributed by atoms with Gasteiger partial charge in [0.15, 0.2) is 0 Å². The van der Waals surface area contributed by atoms with Gasteiger partial charge in [-0.05, 0) is 31.5 Å². The summed E-state index contributed by atoms with van der Waals surface area (Å²) in [6, 6.07) is 6.75. The van der Waals surface area contributed by atoms with E-state index >= 15 is 0 Å². The molecule has 0 fully saturated rings. The number of halogens is 2. The van der Waals surface area contributed by atoms with Crippen LogP contribution in [0.3, 0.4) is 0 Å². The summed E-state index contributed by atoms with van der Waals surface area (Å²) in [6.07, 6.45) is 1.94. The van der Waals surface area contributed by atoms with Crippen LogP contribution in [-0.2, 0) is 12.3 Å². The van der Waals surface area contributed by atoms with E-state index < -0.39 is 0 Å². The maximum absolute atomic E-state index is 13.2. The van der Waals surface area contributed by atoms with E-state index in [9.17, 15) is 4.39 Å². The Morgan fingerprint density at radius 2 is 2.25 bits per heavy atom. The third-order valence-electron chi connectivity index (χ3n) is 3.11. The molecule has 0 aliphatic rings. The molecule has 0 saturated carbocycles. The molecule has 0 spiro atoms. The summed E-state index contributed by atoms with van der Waals surface area (Å²) in [7, 11) is 0. The van der Waals surface area contributed by atoms with Crippen molar-refractivity contribution in [2.24, 2.45) is 0 Å². The minimum Gasteiger partial charge on any atom is -0.372 e. The quantitative estimate of drug-likeness (QED) is 0.701. The van der Waals surface area contributed by atoms with Crippen LogP contribution in [0.5, 0.6) is 0 Å². The lowest BCUT2D eigenvalue weighted by Crippen LogP contribution is -2.24. The number of benzene rings is 1. The first-order valence-electron chi connectivity index (χ1n) is 6.72. The summed E-state index contributed by atoms with van der Waals surface area (Å²) < 4.78 is 13.2. The van der Waals surface area contributed by atoms with Gasteiger partial charge in [0.1, 0.15) is 5.82 Å². The molecule has 1 heterocycles. The smallest absolute Gasteiger partial charge is 0.125 e. The molecule has 0 amide bonds. The molecular formula is C15H18ClFN2S. The highest BCUT2D eigenvalue weighted by Crippen LogP contribution is 2.17. The lowest BCUT2D eigenvalue weighted by molar-refractivity contribution is 0.626. The normalized spacial score (nSPS) is 10.8. The zero-order valence-electron chi connectivity index (χ0n) is 11.5. The SMILES string of the molecule is CCN(CCCc1nc(CCl)cs1)c1cccc(F)c1. The second kappa shape index (κ2) is 7.60. The van der Waals surface area contributed by atoms with Crippen LogP contribution in [0.1, 0.15) is 24.0 Å². The molecule has 0 aliphatic heterocycles. The van der Waals surface area contributed by atoms with Crippen molar-refractivity contribution in [1.29, 1.82) is 0 Å². The Hall–Kier alpha value is -1.13. The highest BCUT2D eigenvalue weighted by Gasteiger charge is 2.06. The molecule has 0 unspecified atom stereocenters. The number of aryl methyl sites for hydroxylation is 1. The molecule has 0 atom stereocenters. The van der Waals surface area contributed by atoms with Crippen LogP contribution < -0.4 is 4.90 Å². The fourth-order valence-electron chi connectivity index (χ4n) is 2.09. The van der Waals surface area contributed by atoms with Gasteiger partial charge in [-0.15, -0.1) is 22.9 Å². The monoisotopic (exact) mass is 312 g/mol. The number of rotatable bonds is 7. The van der Waals surface area contributed by atoms with Crippen LogP contribution in [0.2, 0.25) is 0 Å². The Balaban J connectivity index is 1.88. The van der Waals surface area contributed by atoms with Gasteiger partial charge in [0.05, 0.1) is 16.6 Å². The highest BCUT2D eigenvalue weighted by atomic mass is 35.5. The molecule has 20 heavy (non-hydrogen) atoms. The molecule has 0 bridgehead atoms. The van der Waals surface area contributed by atoms with E-state index in [0.29, 0.717) is 5.88 Å². The first-order valence-corrected chi connectivity index (χ1v) is 8.14. The van der Waals surface area contributed by atoms with Gasteiger partial charge in [0.2, 0.25) is 0 Å². The van der Waals surface area contributed by atoms with E-state index in [0.717, 1.165) is 42.3 Å². The Morgan fingerprint density at radius 3 is 2.90 bits per heavy atom. The third kappa shape index (κ3) is 4.18. The summed E-state index contributed by atoms with van der Waals surface area (Å²) in [4.78, 5) is 6.63. The van der Waals surface area contributed by atoms with Crippen LogP contribution >= 0.6 is 22.9 Å². The lowest BCUT2D eigenvalue weighted by atomic mass is 10.2. The molecule has 2 aromatic rings. The number of anilines is 1. The summed E-state index contributed by atoms with van der Waals surface area (Å²) >= 11 is 7.40. The van der Waals surface area contributed by atoms with Crippen molar-refractivity contribution in [3.63, 3.8) is 0 Å². The van der Waals surface area contributed by atoms with Gasteiger partial charge in [-0.25, -0.2) is 9.37 Å². The lowest BCUT2D eigenvalue weighted by Gasteiger charge is -2.22. The van der Waals surface area contributed by atoms with Crippen molar-refractivity contribution in [3.8, 4) is 0 Å². The van der Waals surface area contributed by atoms with E-state index in [1.807, 2.05) is 11.4 Å². The van der Waals surface area contributed by atoms with E-state index in [4.69, 9.17) is 11.6 Å². The fourth-order valence-corrected chi connectivity index (χ4v) is 3.16. The van der Waals surface area contributed by atoms with Gasteiger partial charge in [-0.1, -0.05) is 6.07 Å². The van der Waals surface area contributed by atoms with Gasteiger partial charge in [0, 0.05) is 30.6 Å². The van der Waals surface area contributed by atoms with Gasteiger partial charge in [-0.2, -0.15) is 0 Å². The fraction of sp³-hybridized carbons (Fsp3) is 0.400. The predicted molar refractivity (Wildman–Crippen MR) is 84.3 cm³/mol. The number of alkyl halides is 1. The molecule has 5 heteroatoms. The summed E-state index contributed by atoms with van der Waals surface area (Å²) in [5.41, 5.74) is 1.89. The number of thiazole rings is 1. The molecule has 0 saturated heterocycles. The van der Waals surface area contributed by atoms with E-state index in [1.165, 1.54) is 6.07 Å². The van der Waals surface area contributed by atoms with Crippen LogP contribution in [0.25, 0.3) is 0 Å². The summed E-state index contributed by atoms with van der Waals surface area (Å²) in [6.45, 7) is 3.85. The predicted octanol–water partition coefficient (Wildman–Crippen LogP) is 4.48. The zero-order chi connectivity index (χ0) is 14.4. The molecule has 1 aromatic heterocycles. The van der Waals surface area contributed by atoms with Crippen molar-refractivity contribution < 1.29 is 4.39 Å². The molecule has 108 valence electrons. The largest absolute Gasteiger partial charge is 0.372 e. The summed E-state index contributed by atoms with van der Waals surface area (Å²) in [5, 5.41) is 3.13. The summed E-state index contributed by atoms with van der Waals surface area (Å²) in [5.74, 6) is 0.286. The van der Waals surface area contributed by atoms with Gasteiger partial charge < -0.3 is 4.90 Å². The molecule has 2 rings (SSSR count). The van der Waals surface area contributed by atoms with E-state index in [2.05, 4.69) is 16.8 Å². The number of aromatic nitrogens is 1.